The third-order valence-electron chi connectivity index (χ3n) is 5.21. The van der Waals surface area contributed by atoms with Crippen molar-refractivity contribution in [3.63, 3.8) is 0 Å². The van der Waals surface area contributed by atoms with Crippen LogP contribution in [-0.4, -0.2) is 24.1 Å². The first-order valence-corrected chi connectivity index (χ1v) is 11.9. The van der Waals surface area contributed by atoms with Crippen molar-refractivity contribution in [1.29, 1.82) is 0 Å². The van der Waals surface area contributed by atoms with Gasteiger partial charge in [-0.25, -0.2) is 5.43 Å². The Kier molecular flexibility index (Phi) is 9.29. The Morgan fingerprint density at radius 3 is 2.31 bits per heavy atom. The van der Waals surface area contributed by atoms with E-state index in [1.807, 2.05) is 57.2 Å². The Labute approximate surface area is 215 Å². The lowest BCUT2D eigenvalue weighted by atomic mass is 10.0. The summed E-state index contributed by atoms with van der Waals surface area (Å²) < 4.78 is 5.80. The summed E-state index contributed by atoms with van der Waals surface area (Å²) in [6, 6.07) is 19.3. The minimum Gasteiger partial charge on any atom is -0.489 e. The van der Waals surface area contributed by atoms with Crippen LogP contribution in [0, 0.1) is 12.8 Å². The molecule has 0 saturated carbocycles. The molecule has 3 aromatic carbocycles. The summed E-state index contributed by atoms with van der Waals surface area (Å²) in [5.74, 6) is -0.348. The standard InChI is InChI=1S/C27H27Cl2N3O3/c1-17(2)25(31-26(33)23-13-10-21(28)14-24(23)29)27(34)32-30-15-19-8-11-22(12-9-19)35-16-20-6-4-18(3)5-7-20/h4-15,17,25H,16H2,1-3H3,(H,31,33)(H,32,34)/b30-15+. The fourth-order valence-electron chi connectivity index (χ4n) is 3.17. The van der Waals surface area contributed by atoms with Gasteiger partial charge < -0.3 is 10.1 Å². The van der Waals surface area contributed by atoms with Gasteiger partial charge in [0.25, 0.3) is 11.8 Å². The van der Waals surface area contributed by atoms with Gasteiger partial charge in [-0.2, -0.15) is 5.10 Å². The molecule has 0 spiro atoms. The summed E-state index contributed by atoms with van der Waals surface area (Å²) in [5, 5.41) is 7.37. The highest BCUT2D eigenvalue weighted by Crippen LogP contribution is 2.21. The molecule has 0 radical (unpaired) electrons. The van der Waals surface area contributed by atoms with E-state index < -0.39 is 17.9 Å². The third-order valence-corrected chi connectivity index (χ3v) is 5.75. The van der Waals surface area contributed by atoms with Crippen LogP contribution in [0.3, 0.4) is 0 Å². The second-order valence-corrected chi connectivity index (χ2v) is 9.24. The van der Waals surface area contributed by atoms with E-state index in [1.165, 1.54) is 23.9 Å². The van der Waals surface area contributed by atoms with Gasteiger partial charge in [0, 0.05) is 5.02 Å². The highest BCUT2D eigenvalue weighted by Gasteiger charge is 2.25. The van der Waals surface area contributed by atoms with Crippen LogP contribution in [0.5, 0.6) is 5.75 Å². The van der Waals surface area contributed by atoms with Crippen LogP contribution in [0.25, 0.3) is 0 Å². The molecule has 0 aliphatic carbocycles. The average Bonchev–Trinajstić information content (AvgIpc) is 2.82. The first-order valence-electron chi connectivity index (χ1n) is 11.1. The average molecular weight is 512 g/mol. The van der Waals surface area contributed by atoms with Crippen LogP contribution in [0.1, 0.15) is 40.9 Å². The van der Waals surface area contributed by atoms with E-state index in [9.17, 15) is 9.59 Å². The van der Waals surface area contributed by atoms with Crippen LogP contribution < -0.4 is 15.5 Å². The van der Waals surface area contributed by atoms with E-state index in [2.05, 4.69) is 28.0 Å². The monoisotopic (exact) mass is 511 g/mol. The molecule has 3 aromatic rings. The molecule has 2 amide bonds. The van der Waals surface area contributed by atoms with E-state index in [1.54, 1.807) is 6.07 Å². The minimum absolute atomic E-state index is 0.176. The zero-order chi connectivity index (χ0) is 25.4. The maximum absolute atomic E-state index is 12.7. The van der Waals surface area contributed by atoms with Crippen LogP contribution in [0.15, 0.2) is 71.8 Å². The zero-order valence-electron chi connectivity index (χ0n) is 19.7. The van der Waals surface area contributed by atoms with Crippen LogP contribution in [0.4, 0.5) is 0 Å². The van der Waals surface area contributed by atoms with Gasteiger partial charge >= 0.3 is 0 Å². The lowest BCUT2D eigenvalue weighted by molar-refractivity contribution is -0.123. The van der Waals surface area contributed by atoms with Crippen LogP contribution in [-0.2, 0) is 11.4 Å². The fraction of sp³-hybridized carbons (Fsp3) is 0.222. The highest BCUT2D eigenvalue weighted by molar-refractivity contribution is 6.36. The molecule has 0 heterocycles. The van der Waals surface area contributed by atoms with E-state index >= 15 is 0 Å². The largest absolute Gasteiger partial charge is 0.489 e. The number of carbonyl (C=O) groups excluding carboxylic acids is 2. The predicted molar refractivity (Wildman–Crippen MR) is 140 cm³/mol. The van der Waals surface area contributed by atoms with Gasteiger partial charge in [-0.1, -0.05) is 66.9 Å². The van der Waals surface area contributed by atoms with E-state index in [-0.39, 0.29) is 16.5 Å². The molecule has 182 valence electrons. The molecule has 2 N–H and O–H groups in total. The van der Waals surface area contributed by atoms with Crippen molar-refractivity contribution in [3.05, 3.63) is 99.0 Å². The smallest absolute Gasteiger partial charge is 0.262 e. The second-order valence-electron chi connectivity index (χ2n) is 8.40. The summed E-state index contributed by atoms with van der Waals surface area (Å²) >= 11 is 12.0. The summed E-state index contributed by atoms with van der Waals surface area (Å²) in [7, 11) is 0. The van der Waals surface area contributed by atoms with Gasteiger partial charge in [-0.05, 0) is 66.4 Å². The Morgan fingerprint density at radius 2 is 1.69 bits per heavy atom. The van der Waals surface area contributed by atoms with Crippen molar-refractivity contribution in [2.75, 3.05) is 0 Å². The zero-order valence-corrected chi connectivity index (χ0v) is 21.2. The molecule has 1 atom stereocenters. The van der Waals surface area contributed by atoms with Gasteiger partial charge in [-0.3, -0.25) is 9.59 Å². The number of rotatable bonds is 9. The normalized spacial score (nSPS) is 11.9. The molecule has 0 fully saturated rings. The second kappa shape index (κ2) is 12.4. The van der Waals surface area contributed by atoms with Gasteiger partial charge in [0.1, 0.15) is 18.4 Å². The molecular formula is C27H27Cl2N3O3. The molecule has 1 unspecified atom stereocenters. The van der Waals surface area contributed by atoms with Gasteiger partial charge in [-0.15, -0.1) is 0 Å². The first kappa shape index (κ1) is 26.3. The van der Waals surface area contributed by atoms with Gasteiger partial charge in [0.15, 0.2) is 0 Å². The molecule has 8 heteroatoms. The molecule has 0 saturated heterocycles. The van der Waals surface area contributed by atoms with E-state index in [0.29, 0.717) is 11.6 Å². The van der Waals surface area contributed by atoms with E-state index in [0.717, 1.165) is 16.9 Å². The molecule has 0 bridgehead atoms. The van der Waals surface area contributed by atoms with Crippen molar-refractivity contribution in [3.8, 4) is 5.75 Å². The molecule has 0 aliphatic heterocycles. The number of ether oxygens (including phenoxy) is 1. The molecule has 0 aromatic heterocycles. The number of nitrogens with one attached hydrogen (secondary N) is 2. The lowest BCUT2D eigenvalue weighted by Crippen LogP contribution is -2.48. The van der Waals surface area contributed by atoms with Crippen molar-refractivity contribution in [2.24, 2.45) is 11.0 Å². The summed E-state index contributed by atoms with van der Waals surface area (Å²) in [4.78, 5) is 25.3. The van der Waals surface area contributed by atoms with Crippen molar-refractivity contribution < 1.29 is 14.3 Å². The van der Waals surface area contributed by atoms with Gasteiger partial charge in [0.05, 0.1) is 16.8 Å². The van der Waals surface area contributed by atoms with Crippen molar-refractivity contribution in [2.45, 2.75) is 33.4 Å². The Bertz CT molecular complexity index is 1190. The number of hydrazone groups is 1. The van der Waals surface area contributed by atoms with Crippen LogP contribution in [0.2, 0.25) is 10.0 Å². The van der Waals surface area contributed by atoms with Crippen LogP contribution >= 0.6 is 23.2 Å². The predicted octanol–water partition coefficient (Wildman–Crippen LogP) is 5.79. The fourth-order valence-corrected chi connectivity index (χ4v) is 3.66. The van der Waals surface area contributed by atoms with Crippen molar-refractivity contribution in [1.82, 2.24) is 10.7 Å². The van der Waals surface area contributed by atoms with Gasteiger partial charge in [0.2, 0.25) is 0 Å². The number of hydrogen-bond donors (Lipinski definition) is 2. The molecule has 35 heavy (non-hydrogen) atoms. The number of hydrogen-bond acceptors (Lipinski definition) is 4. The molecule has 3 rings (SSSR count). The Balaban J connectivity index is 1.54. The minimum atomic E-state index is -0.802. The summed E-state index contributed by atoms with van der Waals surface area (Å²) in [5.41, 5.74) is 5.81. The Morgan fingerprint density at radius 1 is 1.00 bits per heavy atom. The lowest BCUT2D eigenvalue weighted by Gasteiger charge is -2.20. The maximum atomic E-state index is 12.7. The number of halogens is 2. The number of benzene rings is 3. The number of carbonyl (C=O) groups is 2. The quantitative estimate of drug-likeness (QED) is 0.282. The number of amides is 2. The summed E-state index contributed by atoms with van der Waals surface area (Å²) in [6.07, 6.45) is 1.52. The molecule has 0 aliphatic rings. The van der Waals surface area contributed by atoms with Crippen molar-refractivity contribution >= 4 is 41.2 Å². The third kappa shape index (κ3) is 7.84. The molecular weight excluding hydrogens is 485 g/mol. The maximum Gasteiger partial charge on any atom is 0.262 e. The SMILES string of the molecule is Cc1ccc(COc2ccc(/C=N/NC(=O)C(NC(=O)c3ccc(Cl)cc3Cl)C(C)C)cc2)cc1. The van der Waals surface area contributed by atoms with E-state index in [4.69, 9.17) is 27.9 Å². The first-order chi connectivity index (χ1) is 16.7. The highest BCUT2D eigenvalue weighted by atomic mass is 35.5. The number of nitrogens with zero attached hydrogens (tertiary/aromatic N) is 1. The topological polar surface area (TPSA) is 79.8 Å². The number of aryl methyl sites for hydroxylation is 1. The Hall–Kier alpha value is -3.35. The molecule has 6 nitrogen and oxygen atoms in total. The summed E-state index contributed by atoms with van der Waals surface area (Å²) in [6.45, 7) is 6.18.